The molecular weight excluding hydrogens is 323 g/mol. The fourth-order valence-electron chi connectivity index (χ4n) is 2.52. The molecule has 110 valence electrons. The van der Waals surface area contributed by atoms with E-state index in [1.807, 2.05) is 0 Å². The molecule has 1 aromatic carbocycles. The van der Waals surface area contributed by atoms with Gasteiger partial charge in [0, 0.05) is 11.0 Å². The van der Waals surface area contributed by atoms with Crippen LogP contribution in [0, 0.1) is 11.7 Å². The minimum absolute atomic E-state index is 0.0853. The van der Waals surface area contributed by atoms with Crippen molar-refractivity contribution >= 4 is 27.5 Å². The van der Waals surface area contributed by atoms with E-state index in [2.05, 4.69) is 26.6 Å². The predicted octanol–water partition coefficient (Wildman–Crippen LogP) is 3.70. The van der Waals surface area contributed by atoms with Crippen LogP contribution in [-0.4, -0.2) is 19.0 Å². The highest BCUT2D eigenvalue weighted by Crippen LogP contribution is 2.22. The van der Waals surface area contributed by atoms with Crippen LogP contribution in [0.1, 0.15) is 32.1 Å². The van der Waals surface area contributed by atoms with Crippen molar-refractivity contribution in [2.24, 2.45) is 5.92 Å². The normalized spacial score (nSPS) is 15.9. The smallest absolute Gasteiger partial charge is 0.239 e. The Morgan fingerprint density at radius 1 is 1.30 bits per heavy atom. The van der Waals surface area contributed by atoms with Gasteiger partial charge in [0.15, 0.2) is 0 Å². The third-order valence-corrected chi connectivity index (χ3v) is 4.18. The maximum absolute atomic E-state index is 13.6. The Morgan fingerprint density at radius 2 is 2.05 bits per heavy atom. The van der Waals surface area contributed by atoms with Crippen LogP contribution in [0.5, 0.6) is 0 Å². The summed E-state index contributed by atoms with van der Waals surface area (Å²) in [7, 11) is 0. The summed E-state index contributed by atoms with van der Waals surface area (Å²) < 4.78 is 14.2. The summed E-state index contributed by atoms with van der Waals surface area (Å²) in [5, 5.41) is 5.74. The molecule has 1 fully saturated rings. The summed E-state index contributed by atoms with van der Waals surface area (Å²) in [5.74, 6) is 0.162. The summed E-state index contributed by atoms with van der Waals surface area (Å²) in [6.45, 7) is 0.842. The monoisotopic (exact) mass is 342 g/mol. The number of hydrogen-bond acceptors (Lipinski definition) is 2. The zero-order chi connectivity index (χ0) is 14.4. The summed E-state index contributed by atoms with van der Waals surface area (Å²) in [5.41, 5.74) is 0.348. The molecule has 1 saturated carbocycles. The van der Waals surface area contributed by atoms with E-state index in [1.165, 1.54) is 38.2 Å². The van der Waals surface area contributed by atoms with E-state index >= 15 is 0 Å². The van der Waals surface area contributed by atoms with Crippen LogP contribution in [0.3, 0.4) is 0 Å². The van der Waals surface area contributed by atoms with E-state index < -0.39 is 0 Å². The second-order valence-electron chi connectivity index (χ2n) is 5.29. The highest BCUT2D eigenvalue weighted by Gasteiger charge is 2.14. The summed E-state index contributed by atoms with van der Waals surface area (Å²) in [6, 6.07) is 4.74. The van der Waals surface area contributed by atoms with Gasteiger partial charge in [-0.25, -0.2) is 4.39 Å². The molecule has 0 saturated heterocycles. The molecule has 1 aromatic rings. The van der Waals surface area contributed by atoms with Crippen LogP contribution >= 0.6 is 15.9 Å². The number of amides is 1. The Hall–Kier alpha value is -1.10. The number of halogens is 2. The molecule has 3 nitrogen and oxygen atoms in total. The van der Waals surface area contributed by atoms with Gasteiger partial charge in [-0.15, -0.1) is 0 Å². The first-order chi connectivity index (χ1) is 9.65. The largest absolute Gasteiger partial charge is 0.374 e. The van der Waals surface area contributed by atoms with Crippen molar-refractivity contribution in [3.05, 3.63) is 28.5 Å². The Balaban J connectivity index is 1.71. The summed E-state index contributed by atoms with van der Waals surface area (Å²) >= 11 is 3.20. The van der Waals surface area contributed by atoms with Crippen molar-refractivity contribution in [1.29, 1.82) is 0 Å². The van der Waals surface area contributed by atoms with Gasteiger partial charge in [0.2, 0.25) is 5.91 Å². The van der Waals surface area contributed by atoms with Crippen LogP contribution < -0.4 is 10.6 Å². The second kappa shape index (κ2) is 7.62. The first-order valence-corrected chi connectivity index (χ1v) is 7.90. The van der Waals surface area contributed by atoms with Crippen molar-refractivity contribution in [3.63, 3.8) is 0 Å². The number of carbonyl (C=O) groups is 1. The van der Waals surface area contributed by atoms with Gasteiger partial charge < -0.3 is 10.6 Å². The van der Waals surface area contributed by atoms with Gasteiger partial charge in [0.05, 0.1) is 12.2 Å². The molecule has 0 radical (unpaired) electrons. The number of rotatable bonds is 5. The fraction of sp³-hybridized carbons (Fsp3) is 0.533. The standard InChI is InChI=1S/C15H20BrFN2O/c16-12-6-7-14(13(17)8-12)18-10-15(20)19-9-11-4-2-1-3-5-11/h6-8,11,18H,1-5,9-10H2,(H,19,20). The molecule has 0 aliphatic heterocycles. The zero-order valence-electron chi connectivity index (χ0n) is 11.4. The molecule has 1 aliphatic rings. The molecule has 0 atom stereocenters. The van der Waals surface area contributed by atoms with Crippen molar-refractivity contribution in [3.8, 4) is 0 Å². The van der Waals surface area contributed by atoms with Crippen molar-refractivity contribution in [2.45, 2.75) is 32.1 Å². The predicted molar refractivity (Wildman–Crippen MR) is 82.2 cm³/mol. The number of nitrogens with one attached hydrogen (secondary N) is 2. The molecule has 2 rings (SSSR count). The lowest BCUT2D eigenvalue weighted by Gasteiger charge is -2.21. The number of anilines is 1. The molecule has 20 heavy (non-hydrogen) atoms. The number of benzene rings is 1. The molecule has 0 bridgehead atoms. The Labute approximate surface area is 127 Å². The lowest BCUT2D eigenvalue weighted by Crippen LogP contribution is -2.34. The van der Waals surface area contributed by atoms with Gasteiger partial charge in [-0.2, -0.15) is 0 Å². The zero-order valence-corrected chi connectivity index (χ0v) is 13.0. The maximum Gasteiger partial charge on any atom is 0.239 e. The van der Waals surface area contributed by atoms with Gasteiger partial charge in [0.25, 0.3) is 0 Å². The molecule has 0 unspecified atom stereocenters. The molecule has 0 heterocycles. The molecule has 1 amide bonds. The highest BCUT2D eigenvalue weighted by atomic mass is 79.9. The van der Waals surface area contributed by atoms with E-state index in [-0.39, 0.29) is 18.3 Å². The molecule has 5 heteroatoms. The molecule has 2 N–H and O–H groups in total. The average molecular weight is 343 g/mol. The van der Waals surface area contributed by atoms with Gasteiger partial charge >= 0.3 is 0 Å². The van der Waals surface area contributed by atoms with Crippen LogP contribution in [-0.2, 0) is 4.79 Å². The van der Waals surface area contributed by atoms with Crippen molar-refractivity contribution < 1.29 is 9.18 Å². The van der Waals surface area contributed by atoms with E-state index in [4.69, 9.17) is 0 Å². The third-order valence-electron chi connectivity index (χ3n) is 3.68. The Kier molecular flexibility index (Phi) is 5.83. The maximum atomic E-state index is 13.6. The van der Waals surface area contributed by atoms with Crippen molar-refractivity contribution in [1.82, 2.24) is 5.32 Å². The molecule has 0 spiro atoms. The number of carbonyl (C=O) groups excluding carboxylic acids is 1. The van der Waals surface area contributed by atoms with E-state index in [1.54, 1.807) is 12.1 Å². The first kappa shape index (κ1) is 15.3. The quantitative estimate of drug-likeness (QED) is 0.856. The van der Waals surface area contributed by atoms with Crippen LogP contribution in [0.15, 0.2) is 22.7 Å². The average Bonchev–Trinajstić information content (AvgIpc) is 2.45. The lowest BCUT2D eigenvalue weighted by molar-refractivity contribution is -0.119. The fourth-order valence-corrected chi connectivity index (χ4v) is 2.85. The van der Waals surface area contributed by atoms with E-state index in [0.717, 1.165) is 6.54 Å². The van der Waals surface area contributed by atoms with Gasteiger partial charge in [0.1, 0.15) is 5.82 Å². The van der Waals surface area contributed by atoms with E-state index in [0.29, 0.717) is 16.1 Å². The lowest BCUT2D eigenvalue weighted by atomic mass is 9.89. The summed E-state index contributed by atoms with van der Waals surface area (Å²) in [4.78, 5) is 11.7. The minimum atomic E-state index is -0.362. The molecule has 1 aliphatic carbocycles. The highest BCUT2D eigenvalue weighted by molar-refractivity contribution is 9.10. The first-order valence-electron chi connectivity index (χ1n) is 7.11. The molecular formula is C15H20BrFN2O. The van der Waals surface area contributed by atoms with Crippen LogP contribution in [0.25, 0.3) is 0 Å². The van der Waals surface area contributed by atoms with Crippen LogP contribution in [0.2, 0.25) is 0 Å². The summed E-state index contributed by atoms with van der Waals surface area (Å²) in [6.07, 6.45) is 6.25. The topological polar surface area (TPSA) is 41.1 Å². The SMILES string of the molecule is O=C(CNc1ccc(Br)cc1F)NCC1CCCCC1. The van der Waals surface area contributed by atoms with Gasteiger partial charge in [-0.3, -0.25) is 4.79 Å². The Bertz CT molecular complexity index is 461. The van der Waals surface area contributed by atoms with Crippen molar-refractivity contribution in [2.75, 3.05) is 18.4 Å². The van der Waals surface area contributed by atoms with Gasteiger partial charge in [-0.1, -0.05) is 35.2 Å². The second-order valence-corrected chi connectivity index (χ2v) is 6.20. The van der Waals surface area contributed by atoms with Gasteiger partial charge in [-0.05, 0) is 37.0 Å². The minimum Gasteiger partial charge on any atom is -0.374 e. The Morgan fingerprint density at radius 3 is 2.75 bits per heavy atom. The van der Waals surface area contributed by atoms with Crippen LogP contribution in [0.4, 0.5) is 10.1 Å². The number of hydrogen-bond donors (Lipinski definition) is 2. The molecule has 0 aromatic heterocycles. The third kappa shape index (κ3) is 4.78. The van der Waals surface area contributed by atoms with E-state index in [9.17, 15) is 9.18 Å².